The normalized spacial score (nSPS) is 11.0. The molecule has 6 nitrogen and oxygen atoms in total. The van der Waals surface area contributed by atoms with Gasteiger partial charge in [-0.3, -0.25) is 10.1 Å². The molecule has 0 heterocycles. The Labute approximate surface area is 198 Å². The zero-order chi connectivity index (χ0) is 22.4. The van der Waals surface area contributed by atoms with Gasteiger partial charge in [0.05, 0.1) is 21.2 Å². The van der Waals surface area contributed by atoms with Crippen molar-refractivity contribution in [1.82, 2.24) is 0 Å². The van der Waals surface area contributed by atoms with Gasteiger partial charge in [0.15, 0.2) is 5.75 Å². The van der Waals surface area contributed by atoms with E-state index in [0.717, 1.165) is 5.56 Å². The molecule has 0 atom stereocenters. The molecule has 0 radical (unpaired) electrons. The Morgan fingerprint density at radius 2 is 1.68 bits per heavy atom. The number of nitrogens with zero attached hydrogens (tertiary/aromatic N) is 2. The first-order valence-corrected chi connectivity index (χ1v) is 10.3. The highest BCUT2D eigenvalue weighted by Crippen LogP contribution is 2.35. The third-order valence-electron chi connectivity index (χ3n) is 4.04. The Bertz CT molecular complexity index is 1120. The van der Waals surface area contributed by atoms with Gasteiger partial charge in [0.1, 0.15) is 13.2 Å². The largest absolute Gasteiger partial charge is 0.486 e. The SMILES string of the molecule is O=[N+]([O-])c1cccc(CO/N=C\c2cc(Cl)c(OCc3ccc(Cl)cc3Cl)c(Cl)c2)c1. The van der Waals surface area contributed by atoms with Crippen LogP contribution in [0.2, 0.25) is 20.1 Å². The van der Waals surface area contributed by atoms with E-state index in [2.05, 4.69) is 5.16 Å². The number of halogens is 4. The van der Waals surface area contributed by atoms with E-state index < -0.39 is 4.92 Å². The molecule has 0 spiro atoms. The van der Waals surface area contributed by atoms with Gasteiger partial charge < -0.3 is 9.57 Å². The zero-order valence-corrected chi connectivity index (χ0v) is 18.8. The lowest BCUT2D eigenvalue weighted by atomic mass is 10.2. The molecule has 0 aromatic heterocycles. The van der Waals surface area contributed by atoms with E-state index in [4.69, 9.17) is 56.0 Å². The summed E-state index contributed by atoms with van der Waals surface area (Å²) in [4.78, 5) is 15.5. The Hall–Kier alpha value is -2.51. The van der Waals surface area contributed by atoms with Gasteiger partial charge in [-0.25, -0.2) is 0 Å². The van der Waals surface area contributed by atoms with Crippen LogP contribution in [0.4, 0.5) is 5.69 Å². The number of benzene rings is 3. The molecule has 0 aliphatic carbocycles. The third kappa shape index (κ3) is 6.48. The fraction of sp³-hybridized carbons (Fsp3) is 0.0952. The van der Waals surface area contributed by atoms with Gasteiger partial charge in [-0.15, -0.1) is 0 Å². The van der Waals surface area contributed by atoms with Crippen molar-refractivity contribution in [2.75, 3.05) is 0 Å². The van der Waals surface area contributed by atoms with E-state index in [0.29, 0.717) is 26.9 Å². The van der Waals surface area contributed by atoms with E-state index in [-0.39, 0.29) is 28.9 Å². The first-order chi connectivity index (χ1) is 14.8. The topological polar surface area (TPSA) is 74.0 Å². The van der Waals surface area contributed by atoms with Crippen molar-refractivity contribution in [3.05, 3.63) is 101 Å². The number of non-ortho nitro benzene ring substituents is 1. The van der Waals surface area contributed by atoms with Crippen LogP contribution in [0.5, 0.6) is 5.75 Å². The maximum atomic E-state index is 10.8. The Kier molecular flexibility index (Phi) is 7.98. The summed E-state index contributed by atoms with van der Waals surface area (Å²) < 4.78 is 5.72. The fourth-order valence-electron chi connectivity index (χ4n) is 2.55. The number of hydrogen-bond donors (Lipinski definition) is 0. The lowest BCUT2D eigenvalue weighted by Gasteiger charge is -2.12. The molecule has 0 saturated heterocycles. The predicted molar refractivity (Wildman–Crippen MR) is 123 cm³/mol. The van der Waals surface area contributed by atoms with Gasteiger partial charge in [-0.05, 0) is 35.4 Å². The molecule has 0 aliphatic heterocycles. The standard InChI is InChI=1S/C21H14Cl4N2O4/c22-16-5-4-15(18(23)9-16)12-30-21-19(24)7-14(8-20(21)25)10-26-31-11-13-2-1-3-17(6-13)27(28)29/h1-10H,11-12H2/b26-10-. The van der Waals surface area contributed by atoms with Gasteiger partial charge in [0, 0.05) is 27.7 Å². The van der Waals surface area contributed by atoms with E-state index in [1.54, 1.807) is 42.5 Å². The first kappa shape index (κ1) is 23.2. The third-order valence-corrected chi connectivity index (χ3v) is 5.19. The summed E-state index contributed by atoms with van der Waals surface area (Å²) in [5.41, 5.74) is 1.93. The van der Waals surface area contributed by atoms with Gasteiger partial charge in [0.25, 0.3) is 5.69 Å². The van der Waals surface area contributed by atoms with Crippen LogP contribution < -0.4 is 4.74 Å². The molecule has 0 saturated carbocycles. The molecule has 0 unspecified atom stereocenters. The molecule has 3 aromatic carbocycles. The summed E-state index contributed by atoms with van der Waals surface area (Å²) >= 11 is 24.6. The Morgan fingerprint density at radius 1 is 0.935 bits per heavy atom. The molecule has 3 rings (SSSR count). The Balaban J connectivity index is 1.61. The number of ether oxygens (including phenoxy) is 1. The molecule has 0 fully saturated rings. The lowest BCUT2D eigenvalue weighted by molar-refractivity contribution is -0.384. The number of hydrogen-bond acceptors (Lipinski definition) is 5. The zero-order valence-electron chi connectivity index (χ0n) is 15.7. The monoisotopic (exact) mass is 498 g/mol. The van der Waals surface area contributed by atoms with Crippen molar-refractivity contribution < 1.29 is 14.5 Å². The van der Waals surface area contributed by atoms with Crippen LogP contribution in [0.1, 0.15) is 16.7 Å². The Morgan fingerprint density at radius 3 is 2.35 bits per heavy atom. The van der Waals surface area contributed by atoms with Crippen molar-refractivity contribution in [2.45, 2.75) is 13.2 Å². The summed E-state index contributed by atoms with van der Waals surface area (Å²) in [5.74, 6) is 0.309. The van der Waals surface area contributed by atoms with E-state index in [9.17, 15) is 10.1 Å². The fourth-order valence-corrected chi connectivity index (χ4v) is 3.63. The van der Waals surface area contributed by atoms with Crippen molar-refractivity contribution >= 4 is 58.3 Å². The summed E-state index contributed by atoms with van der Waals surface area (Å²) in [7, 11) is 0. The van der Waals surface area contributed by atoms with Gasteiger partial charge in [-0.2, -0.15) is 0 Å². The van der Waals surface area contributed by atoms with Gasteiger partial charge in [-0.1, -0.05) is 69.8 Å². The number of nitro benzene ring substituents is 1. The van der Waals surface area contributed by atoms with Crippen LogP contribution in [0.25, 0.3) is 0 Å². The summed E-state index contributed by atoms with van der Waals surface area (Å²) in [6.45, 7) is 0.234. The summed E-state index contributed by atoms with van der Waals surface area (Å²) in [6.07, 6.45) is 1.43. The second kappa shape index (κ2) is 10.7. The maximum absolute atomic E-state index is 10.8. The second-order valence-electron chi connectivity index (χ2n) is 6.27. The quantitative estimate of drug-likeness (QED) is 0.184. The van der Waals surface area contributed by atoms with Crippen LogP contribution >= 0.6 is 46.4 Å². The van der Waals surface area contributed by atoms with Gasteiger partial charge >= 0.3 is 0 Å². The molecule has 160 valence electrons. The maximum Gasteiger partial charge on any atom is 0.269 e. The van der Waals surface area contributed by atoms with E-state index in [1.165, 1.54) is 18.3 Å². The van der Waals surface area contributed by atoms with E-state index in [1.807, 2.05) is 0 Å². The van der Waals surface area contributed by atoms with Crippen LogP contribution in [-0.2, 0) is 18.1 Å². The highest BCUT2D eigenvalue weighted by atomic mass is 35.5. The average molecular weight is 500 g/mol. The highest BCUT2D eigenvalue weighted by Gasteiger charge is 2.11. The number of oxime groups is 1. The number of nitro groups is 1. The summed E-state index contributed by atoms with van der Waals surface area (Å²) in [5, 5.41) is 16.2. The van der Waals surface area contributed by atoms with Gasteiger partial charge in [0.2, 0.25) is 0 Å². The molecule has 0 bridgehead atoms. The molecular formula is C21H14Cl4N2O4. The first-order valence-electron chi connectivity index (χ1n) is 8.78. The highest BCUT2D eigenvalue weighted by molar-refractivity contribution is 6.37. The summed E-state index contributed by atoms with van der Waals surface area (Å²) in [6, 6.07) is 14.4. The molecular weight excluding hydrogens is 486 g/mol. The van der Waals surface area contributed by atoms with Crippen LogP contribution in [0, 0.1) is 10.1 Å². The van der Waals surface area contributed by atoms with Crippen molar-refractivity contribution in [3.8, 4) is 5.75 Å². The molecule has 10 heteroatoms. The van der Waals surface area contributed by atoms with Crippen molar-refractivity contribution in [2.24, 2.45) is 5.16 Å². The van der Waals surface area contributed by atoms with Crippen LogP contribution in [-0.4, -0.2) is 11.1 Å². The van der Waals surface area contributed by atoms with Crippen LogP contribution in [0.15, 0.2) is 59.8 Å². The molecule has 31 heavy (non-hydrogen) atoms. The molecule has 0 aliphatic rings. The second-order valence-corrected chi connectivity index (χ2v) is 7.93. The smallest absolute Gasteiger partial charge is 0.269 e. The molecule has 3 aromatic rings. The van der Waals surface area contributed by atoms with E-state index >= 15 is 0 Å². The minimum Gasteiger partial charge on any atom is -0.486 e. The van der Waals surface area contributed by atoms with Crippen molar-refractivity contribution in [1.29, 1.82) is 0 Å². The predicted octanol–water partition coefficient (Wildman–Crippen LogP) is 7.34. The minimum absolute atomic E-state index is 0.0147. The molecule has 0 amide bonds. The lowest BCUT2D eigenvalue weighted by Crippen LogP contribution is -1.98. The van der Waals surface area contributed by atoms with Crippen molar-refractivity contribution in [3.63, 3.8) is 0 Å². The van der Waals surface area contributed by atoms with Crippen LogP contribution in [0.3, 0.4) is 0 Å². The average Bonchev–Trinajstić information content (AvgIpc) is 2.72. The number of rotatable bonds is 8. The molecule has 0 N–H and O–H groups in total. The minimum atomic E-state index is -0.471.